The number of ether oxygens (including phenoxy) is 5. The SMILES string of the molecule is COC(=O)[C@H](C)N.COC(=O)[C@H](C)NC(=O)c1cccc(-c2ccc(Oc3ccc(C(F)(F)F)cn3)cc2)n1.C[C@H](NC(=O)c1cccc(-c2ccc(Oc3ccc(C(F)(F)F)cn3)cc2)n1)C(N)=O.Cl.O=C(O)c1cccc(-c2ccc(Oc3ccc(C(F)(F)F)cn3)cc2)n1. The Morgan fingerprint density at radius 1 is 0.433 bits per heavy atom. The van der Waals surface area contributed by atoms with Gasteiger partial charge in [0, 0.05) is 53.5 Å². The first-order valence-corrected chi connectivity index (χ1v) is 27.7. The molecule has 97 heavy (non-hydrogen) atoms. The molecule has 6 aromatic heterocycles. The van der Waals surface area contributed by atoms with E-state index in [2.05, 4.69) is 50.0 Å². The van der Waals surface area contributed by atoms with E-state index in [9.17, 15) is 68.3 Å². The van der Waals surface area contributed by atoms with Gasteiger partial charge in [-0.05, 0) is 148 Å². The van der Waals surface area contributed by atoms with Crippen LogP contribution in [-0.4, -0.2) is 103 Å². The number of aromatic nitrogens is 6. The van der Waals surface area contributed by atoms with Gasteiger partial charge < -0.3 is 50.9 Å². The number of nitrogens with two attached hydrogens (primary N) is 2. The van der Waals surface area contributed by atoms with Crippen LogP contribution in [0.25, 0.3) is 33.8 Å². The second-order valence-corrected chi connectivity index (χ2v) is 19.7. The van der Waals surface area contributed by atoms with Gasteiger partial charge in [-0.2, -0.15) is 39.5 Å². The van der Waals surface area contributed by atoms with Gasteiger partial charge in [0.1, 0.15) is 52.5 Å². The molecule has 0 aliphatic rings. The number of carboxylic acid groups (broad SMARTS) is 1. The zero-order valence-corrected chi connectivity index (χ0v) is 52.0. The first kappa shape index (κ1) is 76.1. The van der Waals surface area contributed by atoms with Gasteiger partial charge >= 0.3 is 36.4 Å². The van der Waals surface area contributed by atoms with Gasteiger partial charge in [-0.15, -0.1) is 12.4 Å². The molecule has 9 rings (SSSR count). The van der Waals surface area contributed by atoms with Crippen LogP contribution in [0.2, 0.25) is 0 Å². The van der Waals surface area contributed by atoms with E-state index < -0.39 is 83.0 Å². The number of alkyl halides is 9. The summed E-state index contributed by atoms with van der Waals surface area (Å²) in [5.41, 5.74) is 11.3. The standard InChI is InChI=1S/C22H18F3N3O4.C21H17F3N4O3.C18H11F3N2O3.C4H9NO2.ClH/c1-13(21(30)31-2)27-20(29)18-5-3-4-17(28-18)14-6-9-16(10-7-14)32-19-11-8-15(12-26-19)22(23,24)25;1-12(19(25)29)27-20(30)17-4-2-3-16(28-17)13-5-8-15(9-6-13)31-18-10-7-14(11-26-18)21(22,23)24;19-18(20,21)12-6-9-16(22-10-12)26-13-7-4-11(5-8-13)14-2-1-3-15(23-14)17(24)25;1-3(5)4(6)7-2;/h3-13H,1-2H3,(H,27,29);2-12H,1H3,(H2,25,29)(H,27,30);1-10H,(H,24,25);3H,5H2,1-2H3;1H/t13-;12-;;3-;/m00.0./s1. The maximum Gasteiger partial charge on any atom is 0.417 e. The van der Waals surface area contributed by atoms with E-state index >= 15 is 0 Å². The Balaban J connectivity index is 0.000000250. The van der Waals surface area contributed by atoms with Crippen molar-refractivity contribution in [3.05, 3.63) is 216 Å². The normalized spacial score (nSPS) is 11.8. The third kappa shape index (κ3) is 23.4. The zero-order valence-electron chi connectivity index (χ0n) is 51.1. The fraction of sp³-hybridized carbons (Fsp3) is 0.169. The van der Waals surface area contributed by atoms with E-state index in [-0.39, 0.29) is 53.1 Å². The van der Waals surface area contributed by atoms with Crippen LogP contribution in [0.15, 0.2) is 182 Å². The smallest absolute Gasteiger partial charge is 0.417 e. The molecule has 508 valence electrons. The largest absolute Gasteiger partial charge is 0.477 e. The zero-order chi connectivity index (χ0) is 70.5. The Morgan fingerprint density at radius 3 is 0.979 bits per heavy atom. The third-order valence-corrected chi connectivity index (χ3v) is 12.5. The first-order chi connectivity index (χ1) is 45.3. The molecule has 3 amide bonds. The number of carbonyl (C=O) groups is 6. The Hall–Kier alpha value is -11.6. The predicted molar refractivity (Wildman–Crippen MR) is 332 cm³/mol. The number of esters is 2. The molecule has 7 N–H and O–H groups in total. The van der Waals surface area contributed by atoms with Gasteiger partial charge in [0.25, 0.3) is 11.8 Å². The van der Waals surface area contributed by atoms with Crippen LogP contribution >= 0.6 is 12.4 Å². The van der Waals surface area contributed by atoms with Gasteiger partial charge in [0.05, 0.1) is 48.0 Å². The van der Waals surface area contributed by atoms with Crippen molar-refractivity contribution in [1.29, 1.82) is 0 Å². The quantitative estimate of drug-likeness (QED) is 0.0418. The minimum Gasteiger partial charge on any atom is -0.477 e. The van der Waals surface area contributed by atoms with Gasteiger partial charge in [0.2, 0.25) is 23.5 Å². The number of halogens is 10. The number of aromatic carboxylic acids is 1. The third-order valence-electron chi connectivity index (χ3n) is 12.5. The van der Waals surface area contributed by atoms with Crippen molar-refractivity contribution in [2.45, 2.75) is 57.4 Å². The van der Waals surface area contributed by atoms with Crippen molar-refractivity contribution in [2.24, 2.45) is 11.5 Å². The van der Waals surface area contributed by atoms with E-state index in [0.29, 0.717) is 69.6 Å². The molecule has 0 bridgehead atoms. The van der Waals surface area contributed by atoms with Gasteiger partial charge in [-0.3, -0.25) is 19.2 Å². The number of hydrogen-bond acceptors (Lipinski definition) is 18. The van der Waals surface area contributed by atoms with Crippen LogP contribution in [0, 0.1) is 0 Å². The number of nitrogens with zero attached hydrogens (tertiary/aromatic N) is 6. The Labute approximate surface area is 551 Å². The highest BCUT2D eigenvalue weighted by molar-refractivity contribution is 5.96. The molecular formula is C65H56ClF9N10O12. The highest BCUT2D eigenvalue weighted by Gasteiger charge is 2.33. The average molecular weight is 1380 g/mol. The lowest BCUT2D eigenvalue weighted by Gasteiger charge is -2.12. The number of methoxy groups -OCH3 is 2. The molecule has 9 aromatic rings. The fourth-order valence-electron chi connectivity index (χ4n) is 7.46. The molecule has 32 heteroatoms. The number of primary amides is 1. The van der Waals surface area contributed by atoms with Crippen molar-refractivity contribution in [3.8, 4) is 68.7 Å². The summed E-state index contributed by atoms with van der Waals surface area (Å²) in [5, 5.41) is 13.9. The topological polar surface area (TPSA) is 322 Å². The number of benzene rings is 3. The summed E-state index contributed by atoms with van der Waals surface area (Å²) < 4.78 is 138. The molecule has 22 nitrogen and oxygen atoms in total. The lowest BCUT2D eigenvalue weighted by atomic mass is 10.1. The van der Waals surface area contributed by atoms with Crippen LogP contribution in [0.4, 0.5) is 39.5 Å². The predicted octanol–water partition coefficient (Wildman–Crippen LogP) is 12.4. The fourth-order valence-corrected chi connectivity index (χ4v) is 7.46. The molecule has 3 aromatic carbocycles. The summed E-state index contributed by atoms with van der Waals surface area (Å²) >= 11 is 0. The molecule has 3 atom stereocenters. The van der Waals surface area contributed by atoms with Gasteiger partial charge in [-0.25, -0.2) is 39.5 Å². The van der Waals surface area contributed by atoms with E-state index in [4.69, 9.17) is 30.8 Å². The average Bonchev–Trinajstić information content (AvgIpc) is 0.862. The summed E-state index contributed by atoms with van der Waals surface area (Å²) in [5.74, 6) is -2.66. The maximum absolute atomic E-state index is 12.6. The summed E-state index contributed by atoms with van der Waals surface area (Å²) in [6.45, 7) is 4.54. The Morgan fingerprint density at radius 2 is 0.732 bits per heavy atom. The Bertz CT molecular complexity index is 4120. The summed E-state index contributed by atoms with van der Waals surface area (Å²) in [7, 11) is 2.54. The number of nitrogens with one attached hydrogen (secondary N) is 2. The van der Waals surface area contributed by atoms with E-state index in [1.54, 1.807) is 116 Å². The molecule has 0 radical (unpaired) electrons. The maximum atomic E-state index is 12.6. The number of rotatable bonds is 17. The van der Waals surface area contributed by atoms with Crippen LogP contribution in [0.3, 0.4) is 0 Å². The number of hydrogen-bond donors (Lipinski definition) is 5. The molecule has 0 unspecified atom stereocenters. The number of amides is 3. The molecule has 0 aliphatic heterocycles. The highest BCUT2D eigenvalue weighted by Crippen LogP contribution is 2.34. The summed E-state index contributed by atoms with van der Waals surface area (Å²) in [6, 6.07) is 37.8. The minimum absolute atomic E-state index is 0. The number of carboxylic acids is 1. The van der Waals surface area contributed by atoms with Crippen LogP contribution in [0.1, 0.15) is 68.9 Å². The molecule has 0 saturated carbocycles. The van der Waals surface area contributed by atoms with Crippen LogP contribution in [-0.2, 0) is 42.4 Å². The second kappa shape index (κ2) is 34.5. The van der Waals surface area contributed by atoms with Crippen molar-refractivity contribution in [3.63, 3.8) is 0 Å². The van der Waals surface area contributed by atoms with Crippen molar-refractivity contribution < 1.29 is 97.1 Å². The highest BCUT2D eigenvalue weighted by atomic mass is 35.5. The Kier molecular flexibility index (Phi) is 27.1. The van der Waals surface area contributed by atoms with Gasteiger partial charge in [0.15, 0.2) is 0 Å². The lowest BCUT2D eigenvalue weighted by molar-refractivity contribution is -0.142. The summed E-state index contributed by atoms with van der Waals surface area (Å²) in [6.07, 6.45) is -11.3. The molecule has 0 saturated heterocycles. The van der Waals surface area contributed by atoms with Crippen LogP contribution in [0.5, 0.6) is 34.9 Å². The van der Waals surface area contributed by atoms with Gasteiger partial charge in [-0.1, -0.05) is 18.2 Å². The second-order valence-electron chi connectivity index (χ2n) is 19.7. The lowest BCUT2D eigenvalue weighted by Crippen LogP contribution is -2.42. The number of pyridine rings is 6. The van der Waals surface area contributed by atoms with E-state index in [1.807, 2.05) is 0 Å². The number of carbonyl (C=O) groups excluding carboxylic acids is 5. The van der Waals surface area contributed by atoms with Crippen molar-refractivity contribution in [2.75, 3.05) is 14.2 Å². The molecule has 0 spiro atoms. The van der Waals surface area contributed by atoms with E-state index in [1.165, 1.54) is 46.3 Å². The van der Waals surface area contributed by atoms with Crippen molar-refractivity contribution in [1.82, 2.24) is 40.5 Å². The molecule has 0 aliphatic carbocycles. The van der Waals surface area contributed by atoms with Crippen molar-refractivity contribution >= 4 is 48.0 Å². The van der Waals surface area contributed by atoms with Crippen LogP contribution < -0.4 is 36.3 Å². The minimum atomic E-state index is -4.47. The molecule has 6 heterocycles. The summed E-state index contributed by atoms with van der Waals surface area (Å²) in [4.78, 5) is 91.8. The van der Waals surface area contributed by atoms with E-state index in [0.717, 1.165) is 36.4 Å². The first-order valence-electron chi connectivity index (χ1n) is 27.7. The molecular weight excluding hydrogens is 1320 g/mol. The monoisotopic (exact) mass is 1370 g/mol. The molecule has 0 fully saturated rings.